The minimum Gasteiger partial charge on any atom is -0.494 e. The Labute approximate surface area is 125 Å². The molecular weight excluding hydrogens is 274 g/mol. The van der Waals surface area contributed by atoms with Crippen molar-refractivity contribution in [2.45, 2.75) is 25.6 Å². The molecule has 1 atom stereocenters. The fraction of sp³-hybridized carbons (Fsp3) is 0.533. The van der Waals surface area contributed by atoms with E-state index >= 15 is 0 Å². The third-order valence-corrected chi connectivity index (χ3v) is 3.98. The van der Waals surface area contributed by atoms with Gasteiger partial charge in [0, 0.05) is 17.4 Å². The molecular formula is C15H23NO3S. The minimum atomic E-state index is -0.201. The van der Waals surface area contributed by atoms with Gasteiger partial charge in [-0.1, -0.05) is 6.07 Å². The second-order valence-electron chi connectivity index (χ2n) is 4.38. The van der Waals surface area contributed by atoms with Crippen LogP contribution in [0.4, 0.5) is 0 Å². The zero-order valence-corrected chi connectivity index (χ0v) is 13.4. The maximum absolute atomic E-state index is 11.1. The molecule has 0 saturated heterocycles. The number of esters is 1. The second-order valence-corrected chi connectivity index (χ2v) is 5.37. The van der Waals surface area contributed by atoms with Crippen molar-refractivity contribution >= 4 is 17.7 Å². The molecule has 20 heavy (non-hydrogen) atoms. The summed E-state index contributed by atoms with van der Waals surface area (Å²) in [6, 6.07) is 6.49. The van der Waals surface area contributed by atoms with Crippen LogP contribution < -0.4 is 10.1 Å². The topological polar surface area (TPSA) is 47.6 Å². The van der Waals surface area contributed by atoms with Crippen molar-refractivity contribution in [1.82, 2.24) is 5.32 Å². The summed E-state index contributed by atoms with van der Waals surface area (Å²) in [6.07, 6.45) is 0. The lowest BCUT2D eigenvalue weighted by Crippen LogP contribution is -2.12. The Kier molecular flexibility index (Phi) is 7.47. The molecule has 0 aliphatic heterocycles. The number of rotatable bonds is 8. The van der Waals surface area contributed by atoms with E-state index in [1.807, 2.05) is 20.0 Å². The molecule has 0 heterocycles. The summed E-state index contributed by atoms with van der Waals surface area (Å²) in [5.41, 5.74) is 2.32. The Bertz CT molecular complexity index is 437. The molecule has 0 saturated carbocycles. The van der Waals surface area contributed by atoms with Crippen LogP contribution in [0.1, 0.15) is 31.0 Å². The summed E-state index contributed by atoms with van der Waals surface area (Å²) in [4.78, 5) is 11.1. The fourth-order valence-corrected chi connectivity index (χ4v) is 2.58. The van der Waals surface area contributed by atoms with Gasteiger partial charge in [-0.05, 0) is 38.6 Å². The lowest BCUT2D eigenvalue weighted by molar-refractivity contribution is -0.137. The molecule has 0 radical (unpaired) electrons. The van der Waals surface area contributed by atoms with Crippen LogP contribution in [-0.4, -0.2) is 32.5 Å². The largest absolute Gasteiger partial charge is 0.494 e. The fourth-order valence-electron chi connectivity index (χ4n) is 1.75. The molecule has 4 nitrogen and oxygen atoms in total. The van der Waals surface area contributed by atoms with E-state index in [1.54, 1.807) is 0 Å². The predicted octanol–water partition coefficient (Wildman–Crippen LogP) is 2.77. The van der Waals surface area contributed by atoms with Gasteiger partial charge in [-0.2, -0.15) is 0 Å². The summed E-state index contributed by atoms with van der Waals surface area (Å²) >= 11 is 1.53. The highest BCUT2D eigenvalue weighted by molar-refractivity contribution is 7.99. The molecule has 0 spiro atoms. The van der Waals surface area contributed by atoms with Crippen molar-refractivity contribution in [3.05, 3.63) is 29.3 Å². The minimum absolute atomic E-state index is 0.201. The highest BCUT2D eigenvalue weighted by Crippen LogP contribution is 2.27. The Morgan fingerprint density at radius 1 is 1.45 bits per heavy atom. The van der Waals surface area contributed by atoms with E-state index in [2.05, 4.69) is 29.1 Å². The number of thioether (sulfide) groups is 1. The van der Waals surface area contributed by atoms with Gasteiger partial charge < -0.3 is 14.8 Å². The summed E-state index contributed by atoms with van der Waals surface area (Å²) < 4.78 is 10.3. The molecule has 1 unspecified atom stereocenters. The van der Waals surface area contributed by atoms with Gasteiger partial charge >= 0.3 is 5.97 Å². The van der Waals surface area contributed by atoms with Crippen LogP contribution in [0.5, 0.6) is 5.75 Å². The van der Waals surface area contributed by atoms with Crippen LogP contribution >= 0.6 is 11.8 Å². The first-order valence-corrected chi connectivity index (χ1v) is 7.85. The smallest absolute Gasteiger partial charge is 0.315 e. The SMILES string of the molecule is CCOc1ccc(C(C)NC)cc1CSCC(=O)OC. The van der Waals surface area contributed by atoms with Gasteiger partial charge in [0.05, 0.1) is 19.5 Å². The van der Waals surface area contributed by atoms with Gasteiger partial charge in [-0.15, -0.1) is 11.8 Å². The lowest BCUT2D eigenvalue weighted by Gasteiger charge is -2.15. The van der Waals surface area contributed by atoms with Gasteiger partial charge in [0.2, 0.25) is 0 Å². The summed E-state index contributed by atoms with van der Waals surface area (Å²) in [6.45, 7) is 4.71. The van der Waals surface area contributed by atoms with Crippen LogP contribution in [0, 0.1) is 0 Å². The number of hydrogen-bond donors (Lipinski definition) is 1. The molecule has 1 aromatic carbocycles. The van der Waals surface area contributed by atoms with E-state index < -0.39 is 0 Å². The van der Waals surface area contributed by atoms with Gasteiger partial charge in [-0.25, -0.2) is 0 Å². The molecule has 0 bridgehead atoms. The number of nitrogens with one attached hydrogen (secondary N) is 1. The van der Waals surface area contributed by atoms with Crippen LogP contribution in [-0.2, 0) is 15.3 Å². The summed E-state index contributed by atoms with van der Waals surface area (Å²) in [5.74, 6) is 1.77. The molecule has 5 heteroatoms. The molecule has 0 aliphatic rings. The highest BCUT2D eigenvalue weighted by atomic mass is 32.2. The molecule has 0 aromatic heterocycles. The van der Waals surface area contributed by atoms with E-state index in [9.17, 15) is 4.79 Å². The average molecular weight is 297 g/mol. The number of hydrogen-bond acceptors (Lipinski definition) is 5. The summed E-state index contributed by atoms with van der Waals surface area (Å²) in [5, 5.41) is 3.22. The maximum Gasteiger partial charge on any atom is 0.315 e. The first kappa shape index (κ1) is 16.9. The van der Waals surface area contributed by atoms with Crippen LogP contribution in [0.3, 0.4) is 0 Å². The third kappa shape index (κ3) is 5.06. The monoisotopic (exact) mass is 297 g/mol. The van der Waals surface area contributed by atoms with Crippen molar-refractivity contribution in [1.29, 1.82) is 0 Å². The van der Waals surface area contributed by atoms with E-state index in [4.69, 9.17) is 4.74 Å². The molecule has 112 valence electrons. The van der Waals surface area contributed by atoms with E-state index in [-0.39, 0.29) is 12.0 Å². The quantitative estimate of drug-likeness (QED) is 0.748. The standard InChI is InChI=1S/C15H23NO3S/c1-5-19-14-7-6-12(11(2)16-3)8-13(14)9-20-10-15(17)18-4/h6-8,11,16H,5,9-10H2,1-4H3. The normalized spacial score (nSPS) is 12.0. The van der Waals surface area contributed by atoms with Gasteiger partial charge in [-0.3, -0.25) is 4.79 Å². The lowest BCUT2D eigenvalue weighted by atomic mass is 10.1. The van der Waals surface area contributed by atoms with Gasteiger partial charge in [0.1, 0.15) is 5.75 Å². The zero-order valence-electron chi connectivity index (χ0n) is 12.6. The number of carbonyl (C=O) groups excluding carboxylic acids is 1. The van der Waals surface area contributed by atoms with Crippen molar-refractivity contribution in [3.8, 4) is 5.75 Å². The van der Waals surface area contributed by atoms with Crippen LogP contribution in [0.2, 0.25) is 0 Å². The van der Waals surface area contributed by atoms with Crippen molar-refractivity contribution < 1.29 is 14.3 Å². The Morgan fingerprint density at radius 2 is 2.20 bits per heavy atom. The van der Waals surface area contributed by atoms with E-state index in [1.165, 1.54) is 24.4 Å². The van der Waals surface area contributed by atoms with Gasteiger partial charge in [0.15, 0.2) is 0 Å². The molecule has 0 amide bonds. The van der Waals surface area contributed by atoms with Crippen molar-refractivity contribution in [2.75, 3.05) is 26.5 Å². The van der Waals surface area contributed by atoms with E-state index in [0.29, 0.717) is 12.4 Å². The Hall–Kier alpha value is -1.20. The number of benzene rings is 1. The first-order chi connectivity index (χ1) is 9.62. The van der Waals surface area contributed by atoms with E-state index in [0.717, 1.165) is 17.1 Å². The summed E-state index contributed by atoms with van der Waals surface area (Å²) in [7, 11) is 3.34. The average Bonchev–Trinajstić information content (AvgIpc) is 2.47. The first-order valence-electron chi connectivity index (χ1n) is 6.69. The van der Waals surface area contributed by atoms with Crippen LogP contribution in [0.15, 0.2) is 18.2 Å². The second kappa shape index (κ2) is 8.87. The number of ether oxygens (including phenoxy) is 2. The third-order valence-electron chi connectivity index (χ3n) is 3.02. The number of methoxy groups -OCH3 is 1. The molecule has 1 rings (SSSR count). The van der Waals surface area contributed by atoms with Crippen molar-refractivity contribution in [3.63, 3.8) is 0 Å². The Morgan fingerprint density at radius 3 is 2.80 bits per heavy atom. The molecule has 0 aliphatic carbocycles. The molecule has 1 aromatic rings. The molecule has 0 fully saturated rings. The Balaban J connectivity index is 2.79. The maximum atomic E-state index is 11.1. The number of carbonyl (C=O) groups is 1. The zero-order chi connectivity index (χ0) is 15.0. The van der Waals surface area contributed by atoms with Crippen LogP contribution in [0.25, 0.3) is 0 Å². The van der Waals surface area contributed by atoms with Crippen molar-refractivity contribution in [2.24, 2.45) is 0 Å². The van der Waals surface area contributed by atoms with Gasteiger partial charge in [0.25, 0.3) is 0 Å². The predicted molar refractivity (Wildman–Crippen MR) is 83.3 cm³/mol. The highest BCUT2D eigenvalue weighted by Gasteiger charge is 2.10. The molecule has 1 N–H and O–H groups in total.